The summed E-state index contributed by atoms with van der Waals surface area (Å²) < 4.78 is 58.7. The van der Waals surface area contributed by atoms with Gasteiger partial charge < -0.3 is 29.0 Å². The summed E-state index contributed by atoms with van der Waals surface area (Å²) in [5, 5.41) is 3.40. The minimum Gasteiger partial charge on any atom is -0.456 e. The topological polar surface area (TPSA) is 299 Å². The Balaban J connectivity index is 1.85. The van der Waals surface area contributed by atoms with E-state index in [9.17, 15) is 37.9 Å². The summed E-state index contributed by atoms with van der Waals surface area (Å²) in [6.45, 7) is 0.206. The van der Waals surface area contributed by atoms with E-state index in [-0.39, 0.29) is 24.1 Å². The first kappa shape index (κ1) is 32.6. The van der Waals surface area contributed by atoms with E-state index in [0.29, 0.717) is 5.56 Å². The zero-order valence-corrected chi connectivity index (χ0v) is 23.3. The molecule has 5 atom stereocenters. The molecule has 1 aliphatic rings. The van der Waals surface area contributed by atoms with E-state index < -0.39 is 65.7 Å². The lowest BCUT2D eigenvalue weighted by Gasteiger charge is -2.21. The maximum atomic E-state index is 13.0. The summed E-state index contributed by atoms with van der Waals surface area (Å²) in [7, 11) is -17.0. The van der Waals surface area contributed by atoms with Gasteiger partial charge in [0.15, 0.2) is 0 Å². The number of ether oxygens (including phenoxy) is 2. The third kappa shape index (κ3) is 9.28. The third-order valence-corrected chi connectivity index (χ3v) is 9.06. The van der Waals surface area contributed by atoms with Crippen molar-refractivity contribution in [1.82, 2.24) is 9.55 Å². The van der Waals surface area contributed by atoms with Crippen LogP contribution in [0.25, 0.3) is 10.4 Å². The van der Waals surface area contributed by atoms with Crippen molar-refractivity contribution in [3.63, 3.8) is 0 Å². The second-order valence-corrected chi connectivity index (χ2v) is 12.6. The van der Waals surface area contributed by atoms with Crippen LogP contribution in [0.1, 0.15) is 34.1 Å². The quantitative estimate of drug-likeness (QED) is 0.0721. The van der Waals surface area contributed by atoms with Gasteiger partial charge in [-0.2, -0.15) is 8.62 Å². The molecule has 0 radical (unpaired) electrons. The molecule has 1 fully saturated rings. The molecule has 1 saturated heterocycles. The van der Waals surface area contributed by atoms with Crippen LogP contribution in [0, 0.1) is 6.92 Å². The first-order valence-corrected chi connectivity index (χ1v) is 15.6. The van der Waals surface area contributed by atoms with Gasteiger partial charge in [-0.3, -0.25) is 18.9 Å². The van der Waals surface area contributed by atoms with Crippen LogP contribution in [0.15, 0.2) is 45.2 Å². The smallest absolute Gasteiger partial charge is 0.456 e. The summed E-state index contributed by atoms with van der Waals surface area (Å²) in [5.41, 5.74) is 7.43. The molecule has 0 spiro atoms. The Labute approximate surface area is 228 Å². The number of rotatable bonds is 12. The summed E-state index contributed by atoms with van der Waals surface area (Å²) in [6.07, 6.45) is -3.09. The zero-order chi connectivity index (χ0) is 30.6. The van der Waals surface area contributed by atoms with Gasteiger partial charge in [-0.25, -0.2) is 23.3 Å². The summed E-state index contributed by atoms with van der Waals surface area (Å²) in [5.74, 6) is -0.948. The number of carbonyl (C=O) groups is 1. The number of phosphoric acid groups is 3. The molecule has 1 aliphatic heterocycles. The van der Waals surface area contributed by atoms with E-state index in [1.807, 2.05) is 0 Å². The lowest BCUT2D eigenvalue weighted by Crippen LogP contribution is -2.33. The first-order valence-electron chi connectivity index (χ1n) is 11.1. The Morgan fingerprint density at radius 2 is 1.85 bits per heavy atom. The normalized spacial score (nSPS) is 21.8. The molecule has 0 amide bonds. The molecule has 3 unspecified atom stereocenters. The Morgan fingerprint density at radius 3 is 2.51 bits per heavy atom. The molecule has 20 nitrogen and oxygen atoms in total. The molecule has 0 aliphatic carbocycles. The number of hydrogen-bond acceptors (Lipinski definition) is 12. The molecule has 1 aromatic heterocycles. The van der Waals surface area contributed by atoms with Crippen LogP contribution in [-0.2, 0) is 42.9 Å². The minimum absolute atomic E-state index is 0.00737. The van der Waals surface area contributed by atoms with Gasteiger partial charge in [0.2, 0.25) is 0 Å². The fourth-order valence-electron chi connectivity index (χ4n) is 3.58. The molecule has 23 heteroatoms. The second kappa shape index (κ2) is 12.9. The highest BCUT2D eigenvalue weighted by Crippen LogP contribution is 2.66. The number of azide groups is 1. The standard InChI is InChI=1S/C18H22N5O15P3/c1-10-8-23(18(26)21-16(10)24)15-6-13(36-17(25)12-5-3-2-4-11(12)7-20-22-19)14(35-15)9-34-40(30,31)38-41(32,33)37-39(27,28)29/h2-5,8,13-15H,6-7,9H2,1H3,(H,30,31)(H,32,33)(H,21,24,26)(H2,27,28,29)/t13?,14-,15-/m1/s1. The van der Waals surface area contributed by atoms with Gasteiger partial charge >= 0.3 is 35.1 Å². The van der Waals surface area contributed by atoms with Crippen LogP contribution >= 0.6 is 23.5 Å². The maximum Gasteiger partial charge on any atom is 0.490 e. The number of benzene rings is 1. The third-order valence-electron chi connectivity index (χ3n) is 5.25. The van der Waals surface area contributed by atoms with Crippen molar-refractivity contribution >= 4 is 29.4 Å². The van der Waals surface area contributed by atoms with Crippen LogP contribution in [0.5, 0.6) is 0 Å². The average Bonchev–Trinajstić information content (AvgIpc) is 3.23. The van der Waals surface area contributed by atoms with Crippen molar-refractivity contribution in [2.75, 3.05) is 6.61 Å². The highest BCUT2D eigenvalue weighted by molar-refractivity contribution is 7.66. The minimum atomic E-state index is -5.81. The fraction of sp³-hybridized carbons (Fsp3) is 0.389. The van der Waals surface area contributed by atoms with E-state index in [1.165, 1.54) is 25.1 Å². The molecular weight excluding hydrogens is 619 g/mol. The Bertz CT molecular complexity index is 1610. The van der Waals surface area contributed by atoms with Crippen LogP contribution in [-0.4, -0.2) is 53.9 Å². The van der Waals surface area contributed by atoms with E-state index >= 15 is 0 Å². The number of aromatic nitrogens is 2. The highest BCUT2D eigenvalue weighted by Gasteiger charge is 2.44. The highest BCUT2D eigenvalue weighted by atomic mass is 31.3. The molecule has 2 heterocycles. The number of aromatic amines is 1. The molecular formula is C18H22N5O15P3. The number of aryl methyl sites for hydroxylation is 1. The van der Waals surface area contributed by atoms with Crippen molar-refractivity contribution in [3.05, 3.63) is 78.4 Å². The second-order valence-electron chi connectivity index (χ2n) is 8.22. The van der Waals surface area contributed by atoms with Crippen LogP contribution in [0.3, 0.4) is 0 Å². The number of carbonyl (C=O) groups excluding carboxylic acids is 1. The molecule has 224 valence electrons. The molecule has 5 N–H and O–H groups in total. The van der Waals surface area contributed by atoms with Crippen molar-refractivity contribution < 1.29 is 60.7 Å². The average molecular weight is 641 g/mol. The predicted molar refractivity (Wildman–Crippen MR) is 133 cm³/mol. The van der Waals surface area contributed by atoms with E-state index in [4.69, 9.17) is 24.8 Å². The number of phosphoric ester groups is 1. The van der Waals surface area contributed by atoms with Crippen molar-refractivity contribution in [3.8, 4) is 0 Å². The summed E-state index contributed by atoms with van der Waals surface area (Å²) >= 11 is 0. The van der Waals surface area contributed by atoms with Crippen LogP contribution < -0.4 is 11.2 Å². The van der Waals surface area contributed by atoms with Gasteiger partial charge in [-0.05, 0) is 24.1 Å². The number of nitrogens with zero attached hydrogens (tertiary/aromatic N) is 4. The predicted octanol–water partition coefficient (Wildman–Crippen LogP) is 1.51. The van der Waals surface area contributed by atoms with Gasteiger partial charge in [0, 0.05) is 23.1 Å². The summed E-state index contributed by atoms with van der Waals surface area (Å²) in [4.78, 5) is 78.3. The van der Waals surface area contributed by atoms with Gasteiger partial charge in [0.25, 0.3) is 5.56 Å². The number of esters is 1. The largest absolute Gasteiger partial charge is 0.490 e. The van der Waals surface area contributed by atoms with E-state index in [1.54, 1.807) is 6.07 Å². The Kier molecular flexibility index (Phi) is 10.3. The first-order chi connectivity index (χ1) is 19.0. The monoisotopic (exact) mass is 641 g/mol. The van der Waals surface area contributed by atoms with Gasteiger partial charge in [-0.15, -0.1) is 0 Å². The lowest BCUT2D eigenvalue weighted by atomic mass is 10.1. The molecule has 41 heavy (non-hydrogen) atoms. The molecule has 3 rings (SSSR count). The fourth-order valence-corrected chi connectivity index (χ4v) is 6.61. The van der Waals surface area contributed by atoms with E-state index in [2.05, 4.69) is 28.2 Å². The zero-order valence-electron chi connectivity index (χ0n) is 20.7. The molecule has 0 bridgehead atoms. The molecule has 2 aromatic rings. The van der Waals surface area contributed by atoms with Crippen molar-refractivity contribution in [2.45, 2.75) is 38.3 Å². The van der Waals surface area contributed by atoms with Gasteiger partial charge in [0.05, 0.1) is 18.7 Å². The number of hydrogen-bond donors (Lipinski definition) is 5. The van der Waals surface area contributed by atoms with Gasteiger partial charge in [0.1, 0.15) is 18.4 Å². The number of nitrogens with one attached hydrogen (secondary N) is 1. The molecule has 1 aromatic carbocycles. The SMILES string of the molecule is Cc1cn([C@H]2CC(OC(=O)c3ccccc3CN=[N+]=[N-])[C@@H](COP(=O)(O)OP(=O)(O)OP(=O)(O)O)O2)c(=O)[nH]c1=O. The van der Waals surface area contributed by atoms with Crippen molar-refractivity contribution in [2.24, 2.45) is 5.11 Å². The van der Waals surface area contributed by atoms with E-state index in [0.717, 1.165) is 10.8 Å². The van der Waals surface area contributed by atoms with Gasteiger partial charge in [-0.1, -0.05) is 23.3 Å². The Hall–Kier alpha value is -2.95. The Morgan fingerprint density at radius 1 is 1.17 bits per heavy atom. The van der Waals surface area contributed by atoms with Crippen LogP contribution in [0.2, 0.25) is 0 Å². The molecule has 0 saturated carbocycles. The number of H-pyrrole nitrogens is 1. The summed E-state index contributed by atoms with van der Waals surface area (Å²) in [6, 6.07) is 5.94. The maximum absolute atomic E-state index is 13.0. The van der Waals surface area contributed by atoms with Crippen molar-refractivity contribution in [1.29, 1.82) is 0 Å². The van der Waals surface area contributed by atoms with Crippen LogP contribution in [0.4, 0.5) is 0 Å². The lowest BCUT2D eigenvalue weighted by molar-refractivity contribution is -0.0512.